The van der Waals surface area contributed by atoms with Gasteiger partial charge in [0.1, 0.15) is 0 Å². The number of alkyl halides is 3. The summed E-state index contributed by atoms with van der Waals surface area (Å²) in [6.07, 6.45) is 0.0965. The molecule has 0 aliphatic rings. The van der Waals surface area contributed by atoms with Gasteiger partial charge in [0.15, 0.2) is 0 Å². The molecule has 18 heavy (non-hydrogen) atoms. The lowest BCUT2D eigenvalue weighted by Crippen LogP contribution is -2.05. The summed E-state index contributed by atoms with van der Waals surface area (Å²) >= 11 is 1.37. The molecule has 2 rings (SSSR count). The summed E-state index contributed by atoms with van der Waals surface area (Å²) in [6, 6.07) is 2.42. The van der Waals surface area contributed by atoms with Gasteiger partial charge in [-0.3, -0.25) is 4.68 Å². The Labute approximate surface area is 106 Å². The van der Waals surface area contributed by atoms with Gasteiger partial charge in [-0.15, -0.1) is 11.8 Å². The second kappa shape index (κ2) is 5.01. The van der Waals surface area contributed by atoms with Crippen molar-refractivity contribution in [2.24, 2.45) is 7.05 Å². The summed E-state index contributed by atoms with van der Waals surface area (Å²) in [6.45, 7) is 0. The van der Waals surface area contributed by atoms with Crippen molar-refractivity contribution in [3.05, 3.63) is 41.9 Å². The molecule has 0 aliphatic carbocycles. The van der Waals surface area contributed by atoms with Crippen molar-refractivity contribution in [2.75, 3.05) is 0 Å². The van der Waals surface area contributed by atoms with Crippen molar-refractivity contribution in [1.82, 2.24) is 14.8 Å². The van der Waals surface area contributed by atoms with Crippen molar-refractivity contribution >= 4 is 11.8 Å². The van der Waals surface area contributed by atoms with Gasteiger partial charge in [0, 0.05) is 30.8 Å². The quantitative estimate of drug-likeness (QED) is 0.805. The van der Waals surface area contributed by atoms with Crippen LogP contribution in [-0.2, 0) is 19.0 Å². The molecule has 0 saturated heterocycles. The number of aromatic nitrogens is 3. The number of pyridine rings is 1. The van der Waals surface area contributed by atoms with Gasteiger partial charge in [0.05, 0.1) is 16.8 Å². The molecular weight excluding hydrogens is 263 g/mol. The molecule has 3 nitrogen and oxygen atoms in total. The van der Waals surface area contributed by atoms with Gasteiger partial charge in [-0.25, -0.2) is 4.98 Å². The van der Waals surface area contributed by atoms with Crippen LogP contribution >= 0.6 is 11.8 Å². The van der Waals surface area contributed by atoms with E-state index in [-0.39, 0.29) is 0 Å². The van der Waals surface area contributed by atoms with Crippen LogP contribution in [0.1, 0.15) is 11.1 Å². The first-order chi connectivity index (χ1) is 8.45. The van der Waals surface area contributed by atoms with Crippen molar-refractivity contribution in [3.8, 4) is 0 Å². The summed E-state index contributed by atoms with van der Waals surface area (Å²) in [4.78, 5) is 3.78. The SMILES string of the molecule is Cn1cc(CSc2ccc(C(F)(F)F)cn2)cn1. The van der Waals surface area contributed by atoms with E-state index in [0.29, 0.717) is 10.8 Å². The molecule has 0 spiro atoms. The monoisotopic (exact) mass is 273 g/mol. The molecular formula is C11H10F3N3S. The van der Waals surface area contributed by atoms with Crippen LogP contribution in [0.2, 0.25) is 0 Å². The van der Waals surface area contributed by atoms with Crippen molar-refractivity contribution in [1.29, 1.82) is 0 Å². The van der Waals surface area contributed by atoms with Crippen LogP contribution in [0.25, 0.3) is 0 Å². The zero-order chi connectivity index (χ0) is 13.2. The molecule has 0 bridgehead atoms. The molecule has 96 valence electrons. The number of rotatable bonds is 3. The number of nitrogens with zero attached hydrogens (tertiary/aromatic N) is 3. The highest BCUT2D eigenvalue weighted by Gasteiger charge is 2.30. The summed E-state index contributed by atoms with van der Waals surface area (Å²) in [7, 11) is 1.81. The Morgan fingerprint density at radius 2 is 2.06 bits per heavy atom. The van der Waals surface area contributed by atoms with Crippen LogP contribution in [0.5, 0.6) is 0 Å². The molecule has 0 saturated carbocycles. The number of halogens is 3. The molecule has 2 aromatic heterocycles. The number of thioether (sulfide) groups is 1. The molecule has 7 heteroatoms. The highest BCUT2D eigenvalue weighted by molar-refractivity contribution is 7.98. The maximum atomic E-state index is 12.3. The zero-order valence-corrected chi connectivity index (χ0v) is 10.3. The van der Waals surface area contributed by atoms with Gasteiger partial charge >= 0.3 is 6.18 Å². The van der Waals surface area contributed by atoms with E-state index in [9.17, 15) is 13.2 Å². The van der Waals surface area contributed by atoms with Crippen LogP contribution in [-0.4, -0.2) is 14.8 Å². The van der Waals surface area contributed by atoms with Gasteiger partial charge < -0.3 is 0 Å². The fourth-order valence-corrected chi connectivity index (χ4v) is 2.09. The van der Waals surface area contributed by atoms with Gasteiger partial charge in [-0.05, 0) is 12.1 Å². The summed E-state index contributed by atoms with van der Waals surface area (Å²) in [5.74, 6) is 0.631. The average molecular weight is 273 g/mol. The van der Waals surface area contributed by atoms with Crippen molar-refractivity contribution < 1.29 is 13.2 Å². The minimum absolute atomic E-state index is 0.562. The average Bonchev–Trinajstić information content (AvgIpc) is 2.72. The van der Waals surface area contributed by atoms with Gasteiger partial charge in [0.25, 0.3) is 0 Å². The first-order valence-corrected chi connectivity index (χ1v) is 6.07. The lowest BCUT2D eigenvalue weighted by atomic mass is 10.3. The van der Waals surface area contributed by atoms with E-state index in [2.05, 4.69) is 10.1 Å². The maximum absolute atomic E-state index is 12.3. The van der Waals surface area contributed by atoms with Crippen LogP contribution in [0.4, 0.5) is 13.2 Å². The van der Waals surface area contributed by atoms with E-state index in [0.717, 1.165) is 17.8 Å². The molecule has 0 fully saturated rings. The lowest BCUT2D eigenvalue weighted by Gasteiger charge is -2.06. The number of hydrogen-bond acceptors (Lipinski definition) is 3. The van der Waals surface area contributed by atoms with Gasteiger partial charge in [-0.2, -0.15) is 18.3 Å². The molecule has 0 radical (unpaired) electrons. The van der Waals surface area contributed by atoms with Gasteiger partial charge in [-0.1, -0.05) is 0 Å². The minimum Gasteiger partial charge on any atom is -0.276 e. The smallest absolute Gasteiger partial charge is 0.276 e. The van der Waals surface area contributed by atoms with Crippen LogP contribution in [0.3, 0.4) is 0 Å². The van der Waals surface area contributed by atoms with Gasteiger partial charge in [0.2, 0.25) is 0 Å². The molecule has 0 amide bonds. The van der Waals surface area contributed by atoms with E-state index in [1.165, 1.54) is 17.8 Å². The minimum atomic E-state index is -4.33. The highest BCUT2D eigenvalue weighted by Crippen LogP contribution is 2.30. The fourth-order valence-electron chi connectivity index (χ4n) is 1.34. The Morgan fingerprint density at radius 3 is 2.56 bits per heavy atom. The Hall–Kier alpha value is -1.50. The Bertz CT molecular complexity index is 519. The first-order valence-electron chi connectivity index (χ1n) is 5.09. The molecule has 2 aromatic rings. The number of aryl methyl sites for hydroxylation is 1. The van der Waals surface area contributed by atoms with E-state index >= 15 is 0 Å². The maximum Gasteiger partial charge on any atom is 0.417 e. The second-order valence-electron chi connectivity index (χ2n) is 3.69. The van der Waals surface area contributed by atoms with Crippen LogP contribution in [0.15, 0.2) is 35.7 Å². The van der Waals surface area contributed by atoms with Crippen molar-refractivity contribution in [2.45, 2.75) is 17.0 Å². The largest absolute Gasteiger partial charge is 0.417 e. The Kier molecular flexibility index (Phi) is 3.60. The third-order valence-electron chi connectivity index (χ3n) is 2.21. The Balaban J connectivity index is 1.98. The highest BCUT2D eigenvalue weighted by atomic mass is 32.2. The molecule has 0 unspecified atom stereocenters. The molecule has 0 aliphatic heterocycles. The second-order valence-corrected chi connectivity index (χ2v) is 4.69. The number of hydrogen-bond donors (Lipinski definition) is 0. The summed E-state index contributed by atoms with van der Waals surface area (Å²) in [5, 5.41) is 4.57. The predicted molar refractivity (Wildman–Crippen MR) is 62.0 cm³/mol. The van der Waals surface area contributed by atoms with E-state index in [1.54, 1.807) is 10.9 Å². The molecule has 0 N–H and O–H groups in total. The third-order valence-corrected chi connectivity index (χ3v) is 3.22. The summed E-state index contributed by atoms with van der Waals surface area (Å²) < 4.78 is 38.6. The molecule has 2 heterocycles. The van der Waals surface area contributed by atoms with Crippen LogP contribution in [0, 0.1) is 0 Å². The predicted octanol–water partition coefficient (Wildman–Crippen LogP) is 3.13. The lowest BCUT2D eigenvalue weighted by molar-refractivity contribution is -0.137. The first kappa shape index (κ1) is 12.9. The molecule has 0 atom stereocenters. The molecule has 0 aromatic carbocycles. The van der Waals surface area contributed by atoms with E-state index in [4.69, 9.17) is 0 Å². The fraction of sp³-hybridized carbons (Fsp3) is 0.273. The summed E-state index contributed by atoms with van der Waals surface area (Å²) in [5.41, 5.74) is 0.275. The van der Waals surface area contributed by atoms with E-state index < -0.39 is 11.7 Å². The van der Waals surface area contributed by atoms with Crippen molar-refractivity contribution in [3.63, 3.8) is 0 Å². The van der Waals surface area contributed by atoms with Crippen LogP contribution < -0.4 is 0 Å². The van der Waals surface area contributed by atoms with E-state index in [1.807, 2.05) is 13.2 Å². The standard InChI is InChI=1S/C11H10F3N3S/c1-17-6-8(4-16-17)7-18-10-3-2-9(5-15-10)11(12,13)14/h2-6H,7H2,1H3. The normalized spacial score (nSPS) is 11.8. The Morgan fingerprint density at radius 1 is 1.28 bits per heavy atom. The zero-order valence-electron chi connectivity index (χ0n) is 9.48. The third kappa shape index (κ3) is 3.25. The topological polar surface area (TPSA) is 30.7 Å².